The van der Waals surface area contributed by atoms with E-state index in [1.165, 1.54) is 6.42 Å². The first-order chi connectivity index (χ1) is 11.2. The second-order valence-electron chi connectivity index (χ2n) is 7.91. The van der Waals surface area contributed by atoms with Crippen LogP contribution in [0.4, 0.5) is 0 Å². The SMILES string of the molecule is C=CC[C@@]1(CO)CCCN(C2CCN(C(=O)C3CCC3)CC2)C1. The van der Waals surface area contributed by atoms with Crippen LogP contribution in [0, 0.1) is 11.3 Å². The van der Waals surface area contributed by atoms with Gasteiger partial charge in [-0.15, -0.1) is 6.58 Å². The van der Waals surface area contributed by atoms with Crippen molar-refractivity contribution in [3.05, 3.63) is 12.7 Å². The molecule has 23 heavy (non-hydrogen) atoms. The van der Waals surface area contributed by atoms with Crippen molar-refractivity contribution in [2.75, 3.05) is 32.8 Å². The van der Waals surface area contributed by atoms with Crippen molar-refractivity contribution in [3.63, 3.8) is 0 Å². The number of carbonyl (C=O) groups is 1. The molecule has 4 heteroatoms. The average molecular weight is 320 g/mol. The Morgan fingerprint density at radius 1 is 1.17 bits per heavy atom. The van der Waals surface area contributed by atoms with Gasteiger partial charge in [0.2, 0.25) is 5.91 Å². The molecule has 3 fully saturated rings. The largest absolute Gasteiger partial charge is 0.396 e. The number of aliphatic hydroxyl groups excluding tert-OH is 1. The summed E-state index contributed by atoms with van der Waals surface area (Å²) in [5, 5.41) is 9.87. The molecular formula is C19H32N2O2. The summed E-state index contributed by atoms with van der Waals surface area (Å²) in [7, 11) is 0. The molecule has 3 aliphatic rings. The predicted molar refractivity (Wildman–Crippen MR) is 92.1 cm³/mol. The second-order valence-corrected chi connectivity index (χ2v) is 7.91. The Kier molecular flexibility index (Phi) is 5.42. The highest BCUT2D eigenvalue weighted by Crippen LogP contribution is 2.36. The van der Waals surface area contributed by atoms with E-state index in [4.69, 9.17) is 0 Å². The molecule has 0 bridgehead atoms. The lowest BCUT2D eigenvalue weighted by atomic mass is 9.77. The van der Waals surface area contributed by atoms with E-state index < -0.39 is 0 Å². The molecule has 2 aliphatic heterocycles. The quantitative estimate of drug-likeness (QED) is 0.791. The van der Waals surface area contributed by atoms with Crippen molar-refractivity contribution in [2.24, 2.45) is 11.3 Å². The molecule has 1 amide bonds. The summed E-state index contributed by atoms with van der Waals surface area (Å²) >= 11 is 0. The summed E-state index contributed by atoms with van der Waals surface area (Å²) in [6, 6.07) is 0.580. The zero-order chi connectivity index (χ0) is 16.3. The number of allylic oxidation sites excluding steroid dienone is 1. The zero-order valence-electron chi connectivity index (χ0n) is 14.4. The van der Waals surface area contributed by atoms with Crippen LogP contribution in [-0.2, 0) is 4.79 Å². The summed E-state index contributed by atoms with van der Waals surface area (Å²) < 4.78 is 0. The van der Waals surface area contributed by atoms with Crippen molar-refractivity contribution >= 4 is 5.91 Å². The number of piperidine rings is 2. The van der Waals surface area contributed by atoms with E-state index in [1.807, 2.05) is 6.08 Å². The van der Waals surface area contributed by atoms with Gasteiger partial charge in [0.05, 0.1) is 6.61 Å². The average Bonchev–Trinajstić information content (AvgIpc) is 2.54. The Labute approximate surface area is 140 Å². The molecule has 3 rings (SSSR count). The van der Waals surface area contributed by atoms with E-state index in [9.17, 15) is 9.90 Å². The molecular weight excluding hydrogens is 288 g/mol. The van der Waals surface area contributed by atoms with Gasteiger partial charge in [-0.1, -0.05) is 12.5 Å². The molecule has 0 aromatic heterocycles. The Balaban J connectivity index is 1.52. The zero-order valence-corrected chi connectivity index (χ0v) is 14.4. The molecule has 1 N–H and O–H groups in total. The van der Waals surface area contributed by atoms with Crippen LogP contribution in [0.15, 0.2) is 12.7 Å². The Hall–Kier alpha value is -0.870. The van der Waals surface area contributed by atoms with Crippen LogP contribution >= 0.6 is 0 Å². The van der Waals surface area contributed by atoms with Crippen molar-refractivity contribution in [1.29, 1.82) is 0 Å². The molecule has 2 saturated heterocycles. The number of carbonyl (C=O) groups excluding carboxylic acids is 1. The predicted octanol–water partition coefficient (Wildman–Crippen LogP) is 2.43. The number of rotatable bonds is 5. The fourth-order valence-corrected chi connectivity index (χ4v) is 4.59. The lowest BCUT2D eigenvalue weighted by Crippen LogP contribution is -2.53. The van der Waals surface area contributed by atoms with Crippen LogP contribution in [0.2, 0.25) is 0 Å². The molecule has 0 aromatic rings. The number of hydrogen-bond acceptors (Lipinski definition) is 3. The van der Waals surface area contributed by atoms with Gasteiger partial charge in [0, 0.05) is 37.0 Å². The summed E-state index contributed by atoms with van der Waals surface area (Å²) in [5.41, 5.74) is 0.0128. The second kappa shape index (κ2) is 7.35. The first kappa shape index (κ1) is 17.0. The first-order valence-corrected chi connectivity index (χ1v) is 9.42. The third-order valence-corrected chi connectivity index (χ3v) is 6.35. The van der Waals surface area contributed by atoms with E-state index in [0.29, 0.717) is 17.9 Å². The third kappa shape index (κ3) is 3.63. The van der Waals surface area contributed by atoms with Crippen molar-refractivity contribution in [3.8, 4) is 0 Å². The van der Waals surface area contributed by atoms with E-state index in [0.717, 1.165) is 71.1 Å². The van der Waals surface area contributed by atoms with Gasteiger partial charge in [-0.25, -0.2) is 0 Å². The summed E-state index contributed by atoms with van der Waals surface area (Å²) in [6.45, 7) is 8.09. The van der Waals surface area contributed by atoms with Crippen LogP contribution < -0.4 is 0 Å². The highest BCUT2D eigenvalue weighted by atomic mass is 16.3. The van der Waals surface area contributed by atoms with E-state index >= 15 is 0 Å². The Morgan fingerprint density at radius 3 is 2.48 bits per heavy atom. The summed E-state index contributed by atoms with van der Waals surface area (Å²) in [5.74, 6) is 0.737. The van der Waals surface area contributed by atoms with Crippen LogP contribution in [0.3, 0.4) is 0 Å². The monoisotopic (exact) mass is 320 g/mol. The van der Waals surface area contributed by atoms with E-state index in [2.05, 4.69) is 16.4 Å². The topological polar surface area (TPSA) is 43.8 Å². The highest BCUT2D eigenvalue weighted by molar-refractivity contribution is 5.79. The van der Waals surface area contributed by atoms with Gasteiger partial charge < -0.3 is 10.0 Å². The minimum absolute atomic E-state index is 0.0128. The molecule has 1 saturated carbocycles. The molecule has 0 spiro atoms. The molecule has 0 radical (unpaired) electrons. The van der Waals surface area contributed by atoms with Gasteiger partial charge in [0.15, 0.2) is 0 Å². The van der Waals surface area contributed by atoms with Crippen LogP contribution in [0.1, 0.15) is 51.4 Å². The van der Waals surface area contributed by atoms with E-state index in [1.54, 1.807) is 0 Å². The normalized spacial score (nSPS) is 30.9. The first-order valence-electron chi connectivity index (χ1n) is 9.42. The fraction of sp³-hybridized carbons (Fsp3) is 0.842. The molecule has 0 aromatic carbocycles. The molecule has 0 unspecified atom stereocenters. The summed E-state index contributed by atoms with van der Waals surface area (Å²) in [6.07, 6.45) is 10.7. The molecule has 130 valence electrons. The Bertz CT molecular complexity index is 427. The number of amides is 1. The molecule has 2 heterocycles. The standard InChI is InChI=1S/C19H32N2O2/c1-2-9-19(15-22)10-4-11-21(14-19)17-7-12-20(13-8-17)18(23)16-5-3-6-16/h2,16-17,22H,1,3-15H2/t19-/m1/s1. The lowest BCUT2D eigenvalue weighted by molar-refractivity contribution is -0.140. The summed E-state index contributed by atoms with van der Waals surface area (Å²) in [4.78, 5) is 17.0. The maximum Gasteiger partial charge on any atom is 0.225 e. The molecule has 1 atom stereocenters. The number of likely N-dealkylation sites (tertiary alicyclic amines) is 2. The number of aliphatic hydroxyl groups is 1. The third-order valence-electron chi connectivity index (χ3n) is 6.35. The van der Waals surface area contributed by atoms with Gasteiger partial charge in [-0.2, -0.15) is 0 Å². The minimum Gasteiger partial charge on any atom is -0.396 e. The Morgan fingerprint density at radius 2 is 1.91 bits per heavy atom. The van der Waals surface area contributed by atoms with Crippen LogP contribution in [0.5, 0.6) is 0 Å². The van der Waals surface area contributed by atoms with Gasteiger partial charge in [0.25, 0.3) is 0 Å². The maximum absolute atomic E-state index is 12.4. The van der Waals surface area contributed by atoms with Gasteiger partial charge >= 0.3 is 0 Å². The fourth-order valence-electron chi connectivity index (χ4n) is 4.59. The molecule has 4 nitrogen and oxygen atoms in total. The van der Waals surface area contributed by atoms with Gasteiger partial charge in [-0.05, 0) is 51.5 Å². The van der Waals surface area contributed by atoms with Crippen molar-refractivity contribution < 1.29 is 9.90 Å². The van der Waals surface area contributed by atoms with Crippen LogP contribution in [0.25, 0.3) is 0 Å². The minimum atomic E-state index is 0.0128. The molecule has 1 aliphatic carbocycles. The van der Waals surface area contributed by atoms with Crippen LogP contribution in [-0.4, -0.2) is 59.6 Å². The number of nitrogens with zero attached hydrogens (tertiary/aromatic N) is 2. The van der Waals surface area contributed by atoms with Crippen molar-refractivity contribution in [1.82, 2.24) is 9.80 Å². The maximum atomic E-state index is 12.4. The van der Waals surface area contributed by atoms with E-state index in [-0.39, 0.29) is 12.0 Å². The highest BCUT2D eigenvalue weighted by Gasteiger charge is 2.38. The van der Waals surface area contributed by atoms with Crippen molar-refractivity contribution in [2.45, 2.75) is 57.4 Å². The smallest absolute Gasteiger partial charge is 0.225 e. The van der Waals surface area contributed by atoms with Gasteiger partial charge in [0.1, 0.15) is 0 Å². The number of hydrogen-bond donors (Lipinski definition) is 1. The lowest BCUT2D eigenvalue weighted by Gasteiger charge is -2.47. The van der Waals surface area contributed by atoms with Gasteiger partial charge in [-0.3, -0.25) is 9.69 Å².